The quantitative estimate of drug-likeness (QED) is 0.445. The second kappa shape index (κ2) is 7.85. The molecular formula is C25H42F2OS. The second-order valence-electron chi connectivity index (χ2n) is 11.7. The highest BCUT2D eigenvalue weighted by Crippen LogP contribution is 2.68. The average molecular weight is 429 g/mol. The van der Waals surface area contributed by atoms with Crippen LogP contribution in [0, 0.1) is 46.3 Å². The van der Waals surface area contributed by atoms with Gasteiger partial charge in [0.2, 0.25) is 0 Å². The van der Waals surface area contributed by atoms with Crippen LogP contribution in [0.5, 0.6) is 0 Å². The molecule has 4 heteroatoms. The van der Waals surface area contributed by atoms with E-state index in [-0.39, 0.29) is 6.42 Å². The largest absolute Gasteiger partial charge is 0.320 e. The van der Waals surface area contributed by atoms with Crippen LogP contribution in [0.2, 0.25) is 0 Å². The fraction of sp³-hybridized carbons (Fsp3) is 1.00. The number of hydrogen-bond acceptors (Lipinski definition) is 1. The molecule has 4 saturated carbocycles. The summed E-state index contributed by atoms with van der Waals surface area (Å²) in [7, 11) is -2.06. The summed E-state index contributed by atoms with van der Waals surface area (Å²) in [6, 6.07) is 0. The Hall–Kier alpha value is 0.01000. The standard InChI is InChI=1S/C25H42F2OS/c1-17(12-16-25(26,27)29(4)28)20-10-11-21-19-9-8-18-7-5-6-14-23(18,2)22(19)13-15-24(20,21)3/h17-22H,5-16H2,1-4H3/t17-,18?,19+,20-,21+,22+,23+,24-,29?/m1/s1. The minimum absolute atomic E-state index is 0.222. The van der Waals surface area contributed by atoms with Gasteiger partial charge in [-0.3, -0.25) is 4.21 Å². The molecule has 4 aliphatic rings. The Bertz CT molecular complexity index is 636. The first-order valence-electron chi connectivity index (χ1n) is 12.3. The Balaban J connectivity index is 1.47. The predicted octanol–water partition coefficient (Wildman–Crippen LogP) is 7.42. The average Bonchev–Trinajstić information content (AvgIpc) is 3.03. The van der Waals surface area contributed by atoms with Crippen molar-refractivity contribution in [3.05, 3.63) is 0 Å². The van der Waals surface area contributed by atoms with Crippen molar-refractivity contribution in [2.45, 2.75) is 103 Å². The van der Waals surface area contributed by atoms with Gasteiger partial charge >= 0.3 is 5.25 Å². The van der Waals surface area contributed by atoms with Gasteiger partial charge in [-0.05, 0) is 104 Å². The maximum atomic E-state index is 13.9. The number of halogens is 2. The summed E-state index contributed by atoms with van der Waals surface area (Å²) >= 11 is 0. The highest BCUT2D eigenvalue weighted by Gasteiger charge is 2.60. The van der Waals surface area contributed by atoms with E-state index in [1.54, 1.807) is 0 Å². The van der Waals surface area contributed by atoms with Gasteiger partial charge in [0.15, 0.2) is 0 Å². The topological polar surface area (TPSA) is 17.1 Å². The molecule has 2 unspecified atom stereocenters. The van der Waals surface area contributed by atoms with E-state index in [2.05, 4.69) is 20.8 Å². The molecule has 4 rings (SSSR count). The highest BCUT2D eigenvalue weighted by atomic mass is 32.2. The Kier molecular flexibility index (Phi) is 6.02. The molecule has 0 radical (unpaired) electrons. The van der Waals surface area contributed by atoms with Gasteiger partial charge in [-0.2, -0.15) is 8.78 Å². The maximum absolute atomic E-state index is 13.9. The Morgan fingerprint density at radius 3 is 2.41 bits per heavy atom. The molecule has 0 bridgehead atoms. The second-order valence-corrected chi connectivity index (χ2v) is 13.2. The fourth-order valence-electron chi connectivity index (χ4n) is 9.01. The van der Waals surface area contributed by atoms with E-state index in [0.717, 1.165) is 29.9 Å². The van der Waals surface area contributed by atoms with Crippen LogP contribution in [0.4, 0.5) is 8.78 Å². The zero-order valence-electron chi connectivity index (χ0n) is 19.0. The van der Waals surface area contributed by atoms with Crippen LogP contribution in [0.3, 0.4) is 0 Å². The minimum Gasteiger partial charge on any atom is -0.254 e. The number of rotatable bonds is 5. The van der Waals surface area contributed by atoms with Crippen molar-refractivity contribution < 1.29 is 13.0 Å². The monoisotopic (exact) mass is 428 g/mol. The first kappa shape index (κ1) is 22.2. The fourth-order valence-corrected chi connectivity index (χ4v) is 9.42. The molecular weight excluding hydrogens is 386 g/mol. The first-order chi connectivity index (χ1) is 13.6. The molecule has 0 aromatic carbocycles. The smallest absolute Gasteiger partial charge is 0.254 e. The van der Waals surface area contributed by atoms with Gasteiger partial charge in [0.05, 0.1) is 10.8 Å². The van der Waals surface area contributed by atoms with E-state index >= 15 is 0 Å². The lowest BCUT2D eigenvalue weighted by Gasteiger charge is -2.61. The molecule has 0 N–H and O–H groups in total. The van der Waals surface area contributed by atoms with Crippen LogP contribution in [-0.4, -0.2) is 15.7 Å². The van der Waals surface area contributed by atoms with Crippen molar-refractivity contribution in [3.8, 4) is 0 Å². The van der Waals surface area contributed by atoms with E-state index in [1.165, 1.54) is 64.2 Å². The van der Waals surface area contributed by atoms with Crippen LogP contribution in [-0.2, 0) is 10.8 Å². The molecule has 0 aliphatic heterocycles. The van der Waals surface area contributed by atoms with Crippen molar-refractivity contribution in [1.29, 1.82) is 0 Å². The van der Waals surface area contributed by atoms with Crippen LogP contribution in [0.25, 0.3) is 0 Å². The summed E-state index contributed by atoms with van der Waals surface area (Å²) in [6.45, 7) is 7.32. The third kappa shape index (κ3) is 3.65. The molecule has 168 valence electrons. The van der Waals surface area contributed by atoms with Crippen LogP contribution in [0.15, 0.2) is 0 Å². The van der Waals surface area contributed by atoms with E-state index in [0.29, 0.717) is 29.1 Å². The van der Waals surface area contributed by atoms with E-state index in [1.807, 2.05) is 0 Å². The highest BCUT2D eigenvalue weighted by molar-refractivity contribution is 7.85. The molecule has 0 spiro atoms. The lowest BCUT2D eigenvalue weighted by Crippen LogP contribution is -2.53. The molecule has 1 nitrogen and oxygen atoms in total. The van der Waals surface area contributed by atoms with Gasteiger partial charge in [-0.25, -0.2) is 0 Å². The molecule has 0 aromatic rings. The van der Waals surface area contributed by atoms with Crippen molar-refractivity contribution in [2.75, 3.05) is 6.26 Å². The van der Waals surface area contributed by atoms with Gasteiger partial charge in [-0.15, -0.1) is 0 Å². The zero-order chi connectivity index (χ0) is 21.0. The lowest BCUT2D eigenvalue weighted by atomic mass is 9.44. The van der Waals surface area contributed by atoms with Gasteiger partial charge in [0.25, 0.3) is 0 Å². The minimum atomic E-state index is -3.03. The molecule has 0 amide bonds. The Morgan fingerprint density at radius 1 is 0.966 bits per heavy atom. The van der Waals surface area contributed by atoms with Crippen molar-refractivity contribution >= 4 is 10.8 Å². The third-order valence-corrected chi connectivity index (χ3v) is 11.7. The first-order valence-corrected chi connectivity index (χ1v) is 13.9. The molecule has 29 heavy (non-hydrogen) atoms. The molecule has 0 heterocycles. The molecule has 0 saturated heterocycles. The Labute approximate surface area is 179 Å². The molecule has 0 aromatic heterocycles. The molecule has 9 atom stereocenters. The molecule has 4 aliphatic carbocycles. The predicted molar refractivity (Wildman–Crippen MR) is 117 cm³/mol. The van der Waals surface area contributed by atoms with Crippen molar-refractivity contribution in [1.82, 2.24) is 0 Å². The normalized spacial score (nSPS) is 47.0. The van der Waals surface area contributed by atoms with Gasteiger partial charge in [0.1, 0.15) is 0 Å². The summed E-state index contributed by atoms with van der Waals surface area (Å²) < 4.78 is 39.2. The zero-order valence-corrected chi connectivity index (χ0v) is 19.8. The summed E-state index contributed by atoms with van der Waals surface area (Å²) in [4.78, 5) is 0. The van der Waals surface area contributed by atoms with E-state index in [4.69, 9.17) is 0 Å². The van der Waals surface area contributed by atoms with E-state index < -0.39 is 16.1 Å². The van der Waals surface area contributed by atoms with Gasteiger partial charge in [-0.1, -0.05) is 33.6 Å². The van der Waals surface area contributed by atoms with Crippen LogP contribution in [0.1, 0.15) is 97.8 Å². The lowest BCUT2D eigenvalue weighted by molar-refractivity contribution is -0.114. The van der Waals surface area contributed by atoms with Gasteiger partial charge in [0, 0.05) is 12.7 Å². The third-order valence-electron chi connectivity index (χ3n) is 10.7. The number of alkyl halides is 2. The van der Waals surface area contributed by atoms with Crippen LogP contribution >= 0.6 is 0 Å². The Morgan fingerprint density at radius 2 is 1.69 bits per heavy atom. The van der Waals surface area contributed by atoms with Gasteiger partial charge < -0.3 is 0 Å². The van der Waals surface area contributed by atoms with Crippen LogP contribution < -0.4 is 0 Å². The summed E-state index contributed by atoms with van der Waals surface area (Å²) in [6.07, 6.45) is 15.2. The SMILES string of the molecule is C[C@H](CCC(F)(F)S(C)=O)[C@H]1CC[C@H]2[C@@H]3CCC4CCCC[C@]4(C)[C@H]3CC[C@]12C. The van der Waals surface area contributed by atoms with E-state index in [9.17, 15) is 13.0 Å². The molecule has 4 fully saturated rings. The summed E-state index contributed by atoms with van der Waals surface area (Å²) in [5, 5.41) is -3.03. The number of fused-ring (bicyclic) bond motifs is 5. The van der Waals surface area contributed by atoms with Crippen molar-refractivity contribution in [2.24, 2.45) is 46.3 Å². The summed E-state index contributed by atoms with van der Waals surface area (Å²) in [5.41, 5.74) is 0.901. The summed E-state index contributed by atoms with van der Waals surface area (Å²) in [5.74, 6) is 4.39. The maximum Gasteiger partial charge on any atom is 0.320 e. The van der Waals surface area contributed by atoms with Crippen molar-refractivity contribution in [3.63, 3.8) is 0 Å². The number of hydrogen-bond donors (Lipinski definition) is 0.